The topological polar surface area (TPSA) is 38.5 Å². The Morgan fingerprint density at radius 1 is 1.73 bits per heavy atom. The Morgan fingerprint density at radius 2 is 2.45 bits per heavy atom. The first-order valence-electron chi connectivity index (χ1n) is 4.23. The highest BCUT2D eigenvalue weighted by Crippen LogP contribution is 2.11. The third-order valence-corrected chi connectivity index (χ3v) is 2.11. The van der Waals surface area contributed by atoms with E-state index in [0.29, 0.717) is 6.10 Å². The molecule has 1 rings (SSSR count). The predicted molar refractivity (Wildman–Crippen MR) is 45.5 cm³/mol. The van der Waals surface area contributed by atoms with Crippen LogP contribution < -0.4 is 5.73 Å². The maximum atomic E-state index is 5.68. The van der Waals surface area contributed by atoms with E-state index in [1.165, 1.54) is 0 Å². The van der Waals surface area contributed by atoms with Gasteiger partial charge in [0.1, 0.15) is 0 Å². The zero-order chi connectivity index (χ0) is 8.27. The average molecular weight is 158 g/mol. The van der Waals surface area contributed by atoms with Gasteiger partial charge in [0, 0.05) is 32.8 Å². The average Bonchev–Trinajstić information content (AvgIpc) is 2.34. The minimum absolute atomic E-state index is 0.283. The summed E-state index contributed by atoms with van der Waals surface area (Å²) in [4.78, 5) is 2.36. The molecule has 66 valence electrons. The molecule has 3 heteroatoms. The van der Waals surface area contributed by atoms with Crippen LogP contribution in [0.4, 0.5) is 0 Å². The molecule has 1 saturated heterocycles. The predicted octanol–water partition coefficient (Wildman–Crippen LogP) is 0.0543. The van der Waals surface area contributed by atoms with E-state index in [1.54, 1.807) is 7.11 Å². The molecule has 0 aromatic carbocycles. The summed E-state index contributed by atoms with van der Waals surface area (Å²) in [6.07, 6.45) is 1.59. The molecule has 1 fully saturated rings. The number of hydrogen-bond donors (Lipinski definition) is 1. The zero-order valence-electron chi connectivity index (χ0n) is 7.42. The van der Waals surface area contributed by atoms with Crippen molar-refractivity contribution in [3.63, 3.8) is 0 Å². The summed E-state index contributed by atoms with van der Waals surface area (Å²) in [5.74, 6) is 0. The highest BCUT2D eigenvalue weighted by molar-refractivity contribution is 4.77. The molecule has 0 aromatic heterocycles. The standard InChI is InChI=1S/C8H18N2O/c1-7(9)5-10-4-3-8(6-10)11-2/h7-8H,3-6,9H2,1-2H3. The number of nitrogens with two attached hydrogens (primary N) is 1. The Balaban J connectivity index is 2.19. The number of nitrogens with zero attached hydrogens (tertiary/aromatic N) is 1. The maximum Gasteiger partial charge on any atom is 0.0710 e. The van der Waals surface area contributed by atoms with E-state index in [-0.39, 0.29) is 6.04 Å². The molecule has 2 atom stereocenters. The van der Waals surface area contributed by atoms with Crippen LogP contribution in [-0.4, -0.2) is 43.8 Å². The summed E-state index contributed by atoms with van der Waals surface area (Å²) in [6, 6.07) is 0.283. The van der Waals surface area contributed by atoms with E-state index >= 15 is 0 Å². The Kier molecular flexibility index (Phi) is 3.30. The largest absolute Gasteiger partial charge is 0.380 e. The fourth-order valence-electron chi connectivity index (χ4n) is 1.56. The second kappa shape index (κ2) is 4.04. The Morgan fingerprint density at radius 3 is 2.91 bits per heavy atom. The first-order valence-corrected chi connectivity index (χ1v) is 4.23. The summed E-state index contributed by atoms with van der Waals surface area (Å²) in [6.45, 7) is 5.23. The molecule has 1 heterocycles. The molecule has 1 aliphatic rings. The van der Waals surface area contributed by atoms with Crippen molar-refractivity contribution >= 4 is 0 Å². The van der Waals surface area contributed by atoms with Gasteiger partial charge >= 0.3 is 0 Å². The molecular weight excluding hydrogens is 140 g/mol. The van der Waals surface area contributed by atoms with Crippen LogP contribution in [0.25, 0.3) is 0 Å². The summed E-state index contributed by atoms with van der Waals surface area (Å²) in [5.41, 5.74) is 5.68. The van der Waals surface area contributed by atoms with Crippen LogP contribution in [0.15, 0.2) is 0 Å². The molecule has 0 amide bonds. The lowest BCUT2D eigenvalue weighted by Gasteiger charge is -2.17. The summed E-state index contributed by atoms with van der Waals surface area (Å²) in [5, 5.41) is 0. The number of ether oxygens (including phenoxy) is 1. The van der Waals surface area contributed by atoms with Crippen LogP contribution >= 0.6 is 0 Å². The second-order valence-corrected chi connectivity index (χ2v) is 3.38. The molecule has 0 spiro atoms. The lowest BCUT2D eigenvalue weighted by atomic mass is 10.3. The summed E-state index contributed by atoms with van der Waals surface area (Å²) < 4.78 is 5.24. The van der Waals surface area contributed by atoms with E-state index < -0.39 is 0 Å². The number of hydrogen-bond acceptors (Lipinski definition) is 3. The number of likely N-dealkylation sites (tertiary alicyclic amines) is 1. The van der Waals surface area contributed by atoms with E-state index in [1.807, 2.05) is 6.92 Å². The first kappa shape index (κ1) is 8.97. The van der Waals surface area contributed by atoms with Crippen molar-refractivity contribution < 1.29 is 4.74 Å². The highest BCUT2D eigenvalue weighted by atomic mass is 16.5. The molecule has 0 saturated carbocycles. The Labute approximate surface area is 68.5 Å². The van der Waals surface area contributed by atoms with Crippen LogP contribution in [0.1, 0.15) is 13.3 Å². The SMILES string of the molecule is COC1CCN(CC(C)N)C1. The van der Waals surface area contributed by atoms with Gasteiger partial charge in [-0.25, -0.2) is 0 Å². The van der Waals surface area contributed by atoms with Gasteiger partial charge in [-0.2, -0.15) is 0 Å². The van der Waals surface area contributed by atoms with Gasteiger partial charge in [0.15, 0.2) is 0 Å². The van der Waals surface area contributed by atoms with E-state index in [0.717, 1.165) is 26.1 Å². The van der Waals surface area contributed by atoms with Gasteiger partial charge in [-0.05, 0) is 13.3 Å². The Hall–Kier alpha value is -0.120. The molecule has 3 nitrogen and oxygen atoms in total. The maximum absolute atomic E-state index is 5.68. The highest BCUT2D eigenvalue weighted by Gasteiger charge is 2.21. The number of rotatable bonds is 3. The van der Waals surface area contributed by atoms with Gasteiger partial charge in [-0.15, -0.1) is 0 Å². The van der Waals surface area contributed by atoms with E-state index in [4.69, 9.17) is 10.5 Å². The monoisotopic (exact) mass is 158 g/mol. The van der Waals surface area contributed by atoms with Gasteiger partial charge in [0.25, 0.3) is 0 Å². The smallest absolute Gasteiger partial charge is 0.0710 e. The van der Waals surface area contributed by atoms with Crippen LogP contribution in [0.3, 0.4) is 0 Å². The molecule has 0 aliphatic carbocycles. The molecule has 0 bridgehead atoms. The minimum Gasteiger partial charge on any atom is -0.380 e. The molecule has 0 radical (unpaired) electrons. The summed E-state index contributed by atoms with van der Waals surface area (Å²) in [7, 11) is 1.78. The van der Waals surface area contributed by atoms with Crippen molar-refractivity contribution in [1.29, 1.82) is 0 Å². The zero-order valence-corrected chi connectivity index (χ0v) is 7.42. The molecule has 2 N–H and O–H groups in total. The quantitative estimate of drug-likeness (QED) is 0.631. The van der Waals surface area contributed by atoms with E-state index in [2.05, 4.69) is 4.90 Å². The molecule has 0 aromatic rings. The molecule has 2 unspecified atom stereocenters. The van der Waals surface area contributed by atoms with Gasteiger partial charge in [-0.1, -0.05) is 0 Å². The normalized spacial score (nSPS) is 29.2. The van der Waals surface area contributed by atoms with Crippen molar-refractivity contribution in [2.75, 3.05) is 26.7 Å². The second-order valence-electron chi connectivity index (χ2n) is 3.38. The van der Waals surface area contributed by atoms with Crippen LogP contribution in [-0.2, 0) is 4.74 Å². The van der Waals surface area contributed by atoms with Crippen LogP contribution in [0, 0.1) is 0 Å². The fourth-order valence-corrected chi connectivity index (χ4v) is 1.56. The Bertz CT molecular complexity index is 117. The van der Waals surface area contributed by atoms with Gasteiger partial charge in [0.2, 0.25) is 0 Å². The van der Waals surface area contributed by atoms with Crippen molar-refractivity contribution in [3.05, 3.63) is 0 Å². The minimum atomic E-state index is 0.283. The van der Waals surface area contributed by atoms with Crippen molar-refractivity contribution in [3.8, 4) is 0 Å². The number of methoxy groups -OCH3 is 1. The summed E-state index contributed by atoms with van der Waals surface area (Å²) >= 11 is 0. The molecule has 11 heavy (non-hydrogen) atoms. The van der Waals surface area contributed by atoms with Gasteiger partial charge in [0.05, 0.1) is 6.10 Å². The lowest BCUT2D eigenvalue weighted by molar-refractivity contribution is 0.107. The van der Waals surface area contributed by atoms with Crippen LogP contribution in [0.5, 0.6) is 0 Å². The fraction of sp³-hybridized carbons (Fsp3) is 1.00. The van der Waals surface area contributed by atoms with Crippen LogP contribution in [0.2, 0.25) is 0 Å². The van der Waals surface area contributed by atoms with Gasteiger partial charge in [-0.3, -0.25) is 4.90 Å². The van der Waals surface area contributed by atoms with Crippen molar-refractivity contribution in [2.45, 2.75) is 25.5 Å². The molecular formula is C8H18N2O. The molecule has 1 aliphatic heterocycles. The first-order chi connectivity index (χ1) is 5.22. The third kappa shape index (κ3) is 2.77. The third-order valence-electron chi connectivity index (χ3n) is 2.11. The van der Waals surface area contributed by atoms with Crippen molar-refractivity contribution in [1.82, 2.24) is 4.90 Å². The van der Waals surface area contributed by atoms with Crippen molar-refractivity contribution in [2.24, 2.45) is 5.73 Å². The van der Waals surface area contributed by atoms with E-state index in [9.17, 15) is 0 Å². The van der Waals surface area contributed by atoms with Gasteiger partial charge < -0.3 is 10.5 Å². The lowest BCUT2D eigenvalue weighted by Crippen LogP contribution is -2.34.